The lowest BCUT2D eigenvalue weighted by Gasteiger charge is -2.34. The summed E-state index contributed by atoms with van der Waals surface area (Å²) >= 11 is 0. The highest BCUT2D eigenvalue weighted by Gasteiger charge is 2.24. The number of carbonyl (C=O) groups is 2. The number of nitrogens with two attached hydrogens (primary N) is 1. The minimum absolute atomic E-state index is 0.0725. The standard InChI is InChI=1S/C21H27N5O4/c1-13(12-27)26-8-6-14(7-9-26)24-21-23-11-17(20(22)25-21)19(28)16-10-15(29-2)4-5-18(16)30-3/h4-5,10-14H,6-9H2,1-3H3,(H3,22,23,24,25). The Bertz CT molecular complexity index is 912. The van der Waals surface area contributed by atoms with Gasteiger partial charge in [0.1, 0.15) is 23.6 Å². The average molecular weight is 413 g/mol. The van der Waals surface area contributed by atoms with E-state index in [-0.39, 0.29) is 29.2 Å². The quantitative estimate of drug-likeness (QED) is 0.493. The lowest BCUT2D eigenvalue weighted by molar-refractivity contribution is -0.112. The molecule has 30 heavy (non-hydrogen) atoms. The Morgan fingerprint density at radius 3 is 2.60 bits per heavy atom. The number of anilines is 2. The highest BCUT2D eigenvalue weighted by atomic mass is 16.5. The lowest BCUT2D eigenvalue weighted by Crippen LogP contribution is -2.44. The topological polar surface area (TPSA) is 120 Å². The minimum atomic E-state index is -0.342. The van der Waals surface area contributed by atoms with Gasteiger partial charge < -0.3 is 25.3 Å². The van der Waals surface area contributed by atoms with Crippen LogP contribution >= 0.6 is 0 Å². The largest absolute Gasteiger partial charge is 0.497 e. The van der Waals surface area contributed by atoms with Crippen molar-refractivity contribution in [3.8, 4) is 11.5 Å². The molecule has 1 unspecified atom stereocenters. The molecule has 2 heterocycles. The van der Waals surface area contributed by atoms with Crippen molar-refractivity contribution in [1.29, 1.82) is 0 Å². The van der Waals surface area contributed by atoms with Crippen molar-refractivity contribution in [3.05, 3.63) is 35.5 Å². The fourth-order valence-corrected chi connectivity index (χ4v) is 3.50. The summed E-state index contributed by atoms with van der Waals surface area (Å²) in [6, 6.07) is 5.08. The van der Waals surface area contributed by atoms with E-state index in [1.165, 1.54) is 20.4 Å². The predicted molar refractivity (Wildman–Crippen MR) is 113 cm³/mol. The number of nitrogens with zero attached hydrogens (tertiary/aromatic N) is 3. The molecule has 0 amide bonds. The first kappa shape index (κ1) is 21.5. The molecule has 1 aromatic heterocycles. The Morgan fingerprint density at radius 1 is 1.27 bits per heavy atom. The number of ether oxygens (including phenoxy) is 2. The summed E-state index contributed by atoms with van der Waals surface area (Å²) in [7, 11) is 3.02. The van der Waals surface area contributed by atoms with Crippen LogP contribution in [0.15, 0.2) is 24.4 Å². The molecular weight excluding hydrogens is 386 g/mol. The van der Waals surface area contributed by atoms with Crippen LogP contribution in [-0.4, -0.2) is 66.3 Å². The molecule has 9 nitrogen and oxygen atoms in total. The van der Waals surface area contributed by atoms with Gasteiger partial charge in [-0.05, 0) is 38.0 Å². The number of hydrogen-bond donors (Lipinski definition) is 2. The van der Waals surface area contributed by atoms with Crippen molar-refractivity contribution in [3.63, 3.8) is 0 Å². The van der Waals surface area contributed by atoms with Crippen LogP contribution in [0.25, 0.3) is 0 Å². The number of piperidine rings is 1. The summed E-state index contributed by atoms with van der Waals surface area (Å²) in [6.45, 7) is 3.54. The van der Waals surface area contributed by atoms with Gasteiger partial charge in [-0.1, -0.05) is 0 Å². The summed E-state index contributed by atoms with van der Waals surface area (Å²) in [4.78, 5) is 34.6. The van der Waals surface area contributed by atoms with Crippen LogP contribution in [-0.2, 0) is 4.79 Å². The minimum Gasteiger partial charge on any atom is -0.497 e. The normalized spacial score (nSPS) is 16.0. The van der Waals surface area contributed by atoms with Crippen LogP contribution < -0.4 is 20.5 Å². The third kappa shape index (κ3) is 4.68. The van der Waals surface area contributed by atoms with Crippen molar-refractivity contribution >= 4 is 23.8 Å². The number of rotatable bonds is 8. The second-order valence-corrected chi connectivity index (χ2v) is 7.22. The molecular formula is C21H27N5O4. The molecule has 0 spiro atoms. The summed E-state index contributed by atoms with van der Waals surface area (Å²) < 4.78 is 10.5. The van der Waals surface area contributed by atoms with Crippen molar-refractivity contribution in [2.24, 2.45) is 0 Å². The SMILES string of the molecule is COc1ccc(OC)c(C(=O)c2cnc(NC3CCN(C(C)C=O)CC3)nc2N)c1. The van der Waals surface area contributed by atoms with Gasteiger partial charge >= 0.3 is 0 Å². The molecule has 3 rings (SSSR count). The highest BCUT2D eigenvalue weighted by molar-refractivity contribution is 6.13. The first-order valence-corrected chi connectivity index (χ1v) is 9.82. The van der Waals surface area contributed by atoms with E-state index in [2.05, 4.69) is 20.2 Å². The maximum atomic E-state index is 13.0. The predicted octanol–water partition coefficient (Wildman–Crippen LogP) is 1.77. The fraction of sp³-hybridized carbons (Fsp3) is 0.429. The number of aldehydes is 1. The van der Waals surface area contributed by atoms with Crippen molar-refractivity contribution in [1.82, 2.24) is 14.9 Å². The van der Waals surface area contributed by atoms with Gasteiger partial charge in [0, 0.05) is 25.3 Å². The Hall–Kier alpha value is -3.20. The molecule has 2 aromatic rings. The van der Waals surface area contributed by atoms with Crippen molar-refractivity contribution in [2.75, 3.05) is 38.4 Å². The summed E-state index contributed by atoms with van der Waals surface area (Å²) in [6.07, 6.45) is 4.12. The van der Waals surface area contributed by atoms with Crippen LogP contribution in [0.4, 0.5) is 11.8 Å². The molecule has 160 valence electrons. The van der Waals surface area contributed by atoms with Crippen LogP contribution in [0.2, 0.25) is 0 Å². The molecule has 9 heteroatoms. The Labute approximate surface area is 175 Å². The zero-order chi connectivity index (χ0) is 21.7. The van der Waals surface area contributed by atoms with Crippen LogP contribution in [0.1, 0.15) is 35.7 Å². The van der Waals surface area contributed by atoms with Gasteiger partial charge in [-0.2, -0.15) is 4.98 Å². The molecule has 1 aromatic carbocycles. The van der Waals surface area contributed by atoms with E-state index in [1.807, 2.05) is 6.92 Å². The van der Waals surface area contributed by atoms with E-state index in [0.29, 0.717) is 23.0 Å². The fourth-order valence-electron chi connectivity index (χ4n) is 3.50. The number of carbonyl (C=O) groups excluding carboxylic acids is 2. The number of benzene rings is 1. The Morgan fingerprint density at radius 2 is 2.00 bits per heavy atom. The molecule has 1 saturated heterocycles. The molecule has 1 aliphatic rings. The number of aromatic nitrogens is 2. The number of hydrogen-bond acceptors (Lipinski definition) is 9. The molecule has 1 fully saturated rings. The van der Waals surface area contributed by atoms with Gasteiger partial charge in [-0.3, -0.25) is 9.69 Å². The molecule has 0 radical (unpaired) electrons. The number of likely N-dealkylation sites (tertiary alicyclic amines) is 1. The summed E-state index contributed by atoms with van der Waals surface area (Å²) in [5, 5.41) is 3.27. The number of nitrogens with one attached hydrogen (secondary N) is 1. The summed E-state index contributed by atoms with van der Waals surface area (Å²) in [5.74, 6) is 1.08. The van der Waals surface area contributed by atoms with Crippen LogP contribution in [0, 0.1) is 0 Å². The van der Waals surface area contributed by atoms with Gasteiger partial charge in [-0.15, -0.1) is 0 Å². The molecule has 0 aliphatic carbocycles. The van der Waals surface area contributed by atoms with E-state index in [9.17, 15) is 9.59 Å². The van der Waals surface area contributed by atoms with E-state index in [0.717, 1.165) is 32.2 Å². The molecule has 0 saturated carbocycles. The monoisotopic (exact) mass is 413 g/mol. The smallest absolute Gasteiger partial charge is 0.224 e. The molecule has 3 N–H and O–H groups in total. The van der Waals surface area contributed by atoms with Crippen molar-refractivity contribution in [2.45, 2.75) is 31.8 Å². The van der Waals surface area contributed by atoms with E-state index in [4.69, 9.17) is 15.2 Å². The zero-order valence-electron chi connectivity index (χ0n) is 17.4. The number of nitrogen functional groups attached to an aromatic ring is 1. The van der Waals surface area contributed by atoms with Gasteiger partial charge in [0.2, 0.25) is 11.7 Å². The molecule has 0 bridgehead atoms. The Kier molecular flexibility index (Phi) is 6.83. The highest BCUT2D eigenvalue weighted by Crippen LogP contribution is 2.28. The third-order valence-electron chi connectivity index (χ3n) is 5.35. The van der Waals surface area contributed by atoms with E-state index < -0.39 is 0 Å². The van der Waals surface area contributed by atoms with Gasteiger partial charge in [0.05, 0.1) is 31.4 Å². The maximum absolute atomic E-state index is 13.0. The van der Waals surface area contributed by atoms with Gasteiger partial charge in [-0.25, -0.2) is 4.98 Å². The first-order valence-electron chi connectivity index (χ1n) is 9.82. The average Bonchev–Trinajstić information content (AvgIpc) is 2.78. The number of ketones is 1. The van der Waals surface area contributed by atoms with Crippen LogP contribution in [0.3, 0.4) is 0 Å². The number of methoxy groups -OCH3 is 2. The lowest BCUT2D eigenvalue weighted by atomic mass is 10.0. The molecule has 1 aliphatic heterocycles. The zero-order valence-corrected chi connectivity index (χ0v) is 17.4. The van der Waals surface area contributed by atoms with Gasteiger partial charge in [0.15, 0.2) is 0 Å². The van der Waals surface area contributed by atoms with Gasteiger partial charge in [0.25, 0.3) is 0 Å². The summed E-state index contributed by atoms with van der Waals surface area (Å²) in [5.41, 5.74) is 6.60. The second-order valence-electron chi connectivity index (χ2n) is 7.22. The van der Waals surface area contributed by atoms with E-state index in [1.54, 1.807) is 18.2 Å². The third-order valence-corrected chi connectivity index (χ3v) is 5.35. The second kappa shape index (κ2) is 9.53. The molecule has 1 atom stereocenters. The maximum Gasteiger partial charge on any atom is 0.224 e. The first-order chi connectivity index (χ1) is 14.5. The van der Waals surface area contributed by atoms with E-state index >= 15 is 0 Å². The van der Waals surface area contributed by atoms with Crippen LogP contribution in [0.5, 0.6) is 11.5 Å². The van der Waals surface area contributed by atoms with Crippen molar-refractivity contribution < 1.29 is 19.1 Å². The Balaban J connectivity index is 1.72.